The Hall–Kier alpha value is -2.47. The Morgan fingerprint density at radius 3 is 2.67 bits per heavy atom. The van der Waals surface area contributed by atoms with Crippen LogP contribution in [-0.2, 0) is 0 Å². The molecule has 0 radical (unpaired) electrons. The average molecular weight is 344 g/mol. The van der Waals surface area contributed by atoms with Gasteiger partial charge in [0.2, 0.25) is 0 Å². The average Bonchev–Trinajstić information content (AvgIpc) is 2.51. The van der Waals surface area contributed by atoms with Gasteiger partial charge in [-0.1, -0.05) is 24.3 Å². The van der Waals surface area contributed by atoms with Crippen molar-refractivity contribution < 1.29 is 4.43 Å². The van der Waals surface area contributed by atoms with Crippen LogP contribution in [0, 0.1) is 10.1 Å². The summed E-state index contributed by atoms with van der Waals surface area (Å²) in [7, 11) is 0. The third-order valence-electron chi connectivity index (χ3n) is 3.01. The number of aromatic nitrogens is 2. The molecule has 0 saturated heterocycles. The fourth-order valence-corrected chi connectivity index (χ4v) is 2.37. The Kier molecular flexibility index (Phi) is 3.53. The first-order valence-corrected chi connectivity index (χ1v) is 6.99. The molecule has 0 fully saturated rings. The van der Waals surface area contributed by atoms with Crippen LogP contribution in [0.15, 0.2) is 64.2 Å². The van der Waals surface area contributed by atoms with Crippen molar-refractivity contribution in [1.29, 1.82) is 0 Å². The van der Waals surface area contributed by atoms with Crippen LogP contribution in [0.2, 0.25) is 0 Å². The van der Waals surface area contributed by atoms with E-state index in [4.69, 9.17) is 0 Å². The van der Waals surface area contributed by atoms with E-state index in [1.807, 2.05) is 24.3 Å². The number of hydrogen-bond acceptors (Lipinski definition) is 3. The van der Waals surface area contributed by atoms with E-state index >= 15 is 0 Å². The van der Waals surface area contributed by atoms with Gasteiger partial charge in [-0.2, -0.15) is 0 Å². The molecule has 2 aromatic carbocycles. The summed E-state index contributed by atoms with van der Waals surface area (Å²) in [6.07, 6.45) is 2.60. The van der Waals surface area contributed by atoms with Gasteiger partial charge in [0.05, 0.1) is 16.3 Å². The van der Waals surface area contributed by atoms with Gasteiger partial charge < -0.3 is 9.94 Å². The highest BCUT2D eigenvalue weighted by Crippen LogP contribution is 2.24. The third kappa shape index (κ3) is 2.57. The molecule has 21 heavy (non-hydrogen) atoms. The highest BCUT2D eigenvalue weighted by atomic mass is 79.9. The maximum atomic E-state index is 12.2. The van der Waals surface area contributed by atoms with Gasteiger partial charge in [-0.05, 0) is 34.1 Å². The number of benzene rings is 2. The molecule has 0 amide bonds. The predicted molar refractivity (Wildman–Crippen MR) is 85.5 cm³/mol. The molecule has 0 aliphatic heterocycles. The van der Waals surface area contributed by atoms with Crippen molar-refractivity contribution in [2.24, 2.45) is 4.99 Å². The van der Waals surface area contributed by atoms with Gasteiger partial charge in [0.25, 0.3) is 11.7 Å². The van der Waals surface area contributed by atoms with E-state index in [2.05, 4.69) is 20.9 Å². The van der Waals surface area contributed by atoms with Crippen molar-refractivity contribution in [1.82, 2.24) is 4.73 Å². The van der Waals surface area contributed by atoms with Crippen LogP contribution >= 0.6 is 15.9 Å². The van der Waals surface area contributed by atoms with Crippen LogP contribution in [0.25, 0.3) is 11.0 Å². The molecular formula is C15H10BrN3O2. The molecule has 0 saturated carbocycles. The zero-order valence-corrected chi connectivity index (χ0v) is 12.4. The first kappa shape index (κ1) is 13.5. The molecule has 0 N–H and O–H groups in total. The van der Waals surface area contributed by atoms with Crippen LogP contribution < -0.4 is 4.43 Å². The minimum Gasteiger partial charge on any atom is -0.805 e. The van der Waals surface area contributed by atoms with Gasteiger partial charge in [0.15, 0.2) is 0 Å². The molecule has 0 atom stereocenters. The van der Waals surface area contributed by atoms with Crippen molar-refractivity contribution in [2.45, 2.75) is 0 Å². The quantitative estimate of drug-likeness (QED) is 0.528. The van der Waals surface area contributed by atoms with Gasteiger partial charge in [-0.3, -0.25) is 4.99 Å². The summed E-state index contributed by atoms with van der Waals surface area (Å²) in [4.78, 5) is 16.2. The highest BCUT2D eigenvalue weighted by molar-refractivity contribution is 9.10. The molecule has 3 rings (SSSR count). The summed E-state index contributed by atoms with van der Waals surface area (Å²) in [6, 6.07) is 14.0. The maximum Gasteiger partial charge on any atom is 0.286 e. The Balaban J connectivity index is 2.12. The van der Waals surface area contributed by atoms with Gasteiger partial charge >= 0.3 is 0 Å². The Morgan fingerprint density at radius 1 is 1.14 bits per heavy atom. The van der Waals surface area contributed by atoms with Crippen molar-refractivity contribution in [3.8, 4) is 0 Å². The second-order valence-corrected chi connectivity index (χ2v) is 5.23. The monoisotopic (exact) mass is 343 g/mol. The number of para-hydroxylation sites is 3. The molecule has 0 aliphatic rings. The second kappa shape index (κ2) is 5.49. The lowest BCUT2D eigenvalue weighted by Crippen LogP contribution is -2.19. The van der Waals surface area contributed by atoms with E-state index in [-0.39, 0.29) is 5.69 Å². The normalized spacial score (nSPS) is 11.3. The van der Waals surface area contributed by atoms with E-state index in [0.717, 1.165) is 4.47 Å². The van der Waals surface area contributed by atoms with Gasteiger partial charge in [0.1, 0.15) is 11.2 Å². The van der Waals surface area contributed by atoms with E-state index in [1.54, 1.807) is 24.3 Å². The molecule has 1 aromatic heterocycles. The highest BCUT2D eigenvalue weighted by Gasteiger charge is 2.09. The zero-order valence-electron chi connectivity index (χ0n) is 10.8. The molecule has 104 valence electrons. The van der Waals surface area contributed by atoms with Crippen molar-refractivity contribution >= 4 is 38.9 Å². The number of fused-ring (bicyclic) bond motifs is 1. The minimum absolute atomic E-state index is 0.180. The molecular weight excluding hydrogens is 334 g/mol. The summed E-state index contributed by atoms with van der Waals surface area (Å²) < 4.78 is 2.18. The topological polar surface area (TPSA) is 63.3 Å². The van der Waals surface area contributed by atoms with E-state index in [1.165, 1.54) is 12.4 Å². The number of nitrogens with zero attached hydrogens (tertiary/aromatic N) is 3. The molecule has 6 heteroatoms. The maximum absolute atomic E-state index is 12.2. The zero-order chi connectivity index (χ0) is 14.8. The minimum atomic E-state index is 0.180. The van der Waals surface area contributed by atoms with E-state index in [9.17, 15) is 10.1 Å². The van der Waals surface area contributed by atoms with Crippen LogP contribution in [0.1, 0.15) is 5.69 Å². The van der Waals surface area contributed by atoms with Crippen molar-refractivity contribution in [3.05, 3.63) is 75.0 Å². The van der Waals surface area contributed by atoms with Gasteiger partial charge in [-0.25, -0.2) is 0 Å². The molecule has 0 spiro atoms. The van der Waals surface area contributed by atoms with Crippen LogP contribution in [0.5, 0.6) is 0 Å². The van der Waals surface area contributed by atoms with Crippen LogP contribution in [-0.4, -0.2) is 10.9 Å². The molecule has 0 bridgehead atoms. The molecule has 0 aliphatic carbocycles. The molecule has 5 nitrogen and oxygen atoms in total. The summed E-state index contributed by atoms with van der Waals surface area (Å²) in [5.74, 6) is 0. The number of rotatable bonds is 2. The Morgan fingerprint density at radius 2 is 1.86 bits per heavy atom. The summed E-state index contributed by atoms with van der Waals surface area (Å²) >= 11 is 3.38. The lowest BCUT2D eigenvalue weighted by molar-refractivity contribution is -0.464. The van der Waals surface area contributed by atoms with E-state index < -0.39 is 0 Å². The summed E-state index contributed by atoms with van der Waals surface area (Å²) in [6.45, 7) is 0. The first-order valence-electron chi connectivity index (χ1n) is 6.20. The number of hydrogen-bond donors (Lipinski definition) is 0. The van der Waals surface area contributed by atoms with Crippen LogP contribution in [0.3, 0.4) is 0 Å². The SMILES string of the molecule is O=[n+]1cc(C=Nc2ccccc2Br)n([O-])c2ccccc21. The predicted octanol–water partition coefficient (Wildman–Crippen LogP) is 3.41. The van der Waals surface area contributed by atoms with Gasteiger partial charge in [0, 0.05) is 15.4 Å². The fourth-order valence-electron chi connectivity index (χ4n) is 1.98. The lowest BCUT2D eigenvalue weighted by atomic mass is 10.3. The Bertz CT molecular complexity index is 903. The lowest BCUT2D eigenvalue weighted by Gasteiger charge is -2.13. The van der Waals surface area contributed by atoms with Crippen LogP contribution in [0.4, 0.5) is 5.69 Å². The third-order valence-corrected chi connectivity index (χ3v) is 3.68. The molecule has 1 heterocycles. The smallest absolute Gasteiger partial charge is 0.286 e. The summed E-state index contributed by atoms with van der Waals surface area (Å²) in [5.41, 5.74) is 1.50. The molecule has 3 aromatic rings. The largest absolute Gasteiger partial charge is 0.805 e. The number of aliphatic imine (C=N–C) groups is 1. The van der Waals surface area contributed by atoms with Crippen molar-refractivity contribution in [2.75, 3.05) is 0 Å². The summed E-state index contributed by atoms with van der Waals surface area (Å²) in [5, 5.41) is 12.2. The Labute approximate surface area is 128 Å². The molecule has 0 unspecified atom stereocenters. The standard InChI is InChI=1S/C15H10BrN3O2/c16-12-5-1-2-6-13(12)17-9-11-10-18(20)14-7-3-4-8-15(14)19(11)21/h1-10H. The fraction of sp³-hybridized carbons (Fsp3) is 0. The number of halogens is 1. The van der Waals surface area contributed by atoms with E-state index in [0.29, 0.717) is 25.9 Å². The second-order valence-electron chi connectivity index (χ2n) is 4.37. The first-order chi connectivity index (χ1) is 10.2. The van der Waals surface area contributed by atoms with Crippen molar-refractivity contribution in [3.63, 3.8) is 0 Å². The van der Waals surface area contributed by atoms with Gasteiger partial charge in [-0.15, -0.1) is 0 Å².